The molecule has 0 radical (unpaired) electrons. The maximum absolute atomic E-state index is 4.24. The third-order valence-corrected chi connectivity index (χ3v) is 15.0. The molecule has 0 aliphatic carbocycles. The van der Waals surface area contributed by atoms with Crippen LogP contribution in [-0.4, -0.2) is 18.3 Å². The van der Waals surface area contributed by atoms with Crippen LogP contribution < -0.4 is 4.40 Å². The van der Waals surface area contributed by atoms with Gasteiger partial charge in [-0.2, -0.15) is 0 Å². The number of nitrogens with zero attached hydrogens (tertiary/aromatic N) is 1. The third kappa shape index (κ3) is 2.13. The van der Waals surface area contributed by atoms with Gasteiger partial charge in [-0.15, -0.1) is 0 Å². The molecule has 1 nitrogen and oxygen atoms in total. The monoisotopic (exact) mass is 239 g/mol. The van der Waals surface area contributed by atoms with E-state index in [1.165, 1.54) is 15.8 Å². The molecule has 0 bridgehead atoms. The number of aromatic nitrogens is 1. The molecule has 0 saturated carbocycles. The summed E-state index contributed by atoms with van der Waals surface area (Å²) >= 11 is -1.68. The molecule has 0 aliphatic heterocycles. The van der Waals surface area contributed by atoms with Crippen molar-refractivity contribution in [3.8, 4) is 0 Å². The molecular formula is C11H19GeN. The Morgan fingerprint density at radius 3 is 2.15 bits per heavy atom. The van der Waals surface area contributed by atoms with E-state index in [9.17, 15) is 0 Å². The number of pyridine rings is 1. The number of hydrogen-bond donors (Lipinski definition) is 0. The molecule has 2 heteroatoms. The Kier molecular flexibility index (Phi) is 3.98. The molecule has 0 aliphatic rings. The second-order valence-electron chi connectivity index (χ2n) is 3.58. The zero-order valence-corrected chi connectivity index (χ0v) is 11.0. The summed E-state index contributed by atoms with van der Waals surface area (Å²) in [5, 5.41) is 4.16. The summed E-state index contributed by atoms with van der Waals surface area (Å²) in [6.45, 7) is 7.04. The van der Waals surface area contributed by atoms with Gasteiger partial charge in [0.05, 0.1) is 0 Å². The standard InChI is InChI=1S/C11H19GeN/c1-4-12(5-2,6-3)11-8-7-9-13-10-11/h7-10H,4-6H2,1-3H3. The zero-order chi connectivity index (χ0) is 9.73. The average Bonchev–Trinajstić information content (AvgIpc) is 2.23. The summed E-state index contributed by atoms with van der Waals surface area (Å²) in [6.07, 6.45) is 3.97. The molecule has 0 amide bonds. The van der Waals surface area contributed by atoms with Crippen molar-refractivity contribution in [1.29, 1.82) is 0 Å². The molecule has 1 aromatic heterocycles. The molecule has 0 unspecified atom stereocenters. The molecule has 0 aromatic carbocycles. The van der Waals surface area contributed by atoms with Crippen LogP contribution in [0.5, 0.6) is 0 Å². The van der Waals surface area contributed by atoms with Gasteiger partial charge in [0.15, 0.2) is 0 Å². The first-order chi connectivity index (χ1) is 6.29. The second-order valence-corrected chi connectivity index (χ2v) is 14.6. The van der Waals surface area contributed by atoms with E-state index in [2.05, 4.69) is 44.1 Å². The van der Waals surface area contributed by atoms with Crippen LogP contribution in [0, 0.1) is 0 Å². The Hall–Kier alpha value is -0.307. The summed E-state index contributed by atoms with van der Waals surface area (Å²) in [5.74, 6) is 0. The van der Waals surface area contributed by atoms with Crippen LogP contribution in [0.2, 0.25) is 15.8 Å². The number of rotatable bonds is 4. The van der Waals surface area contributed by atoms with Crippen LogP contribution in [0.4, 0.5) is 0 Å². The summed E-state index contributed by atoms with van der Waals surface area (Å²) in [6, 6.07) is 4.36. The van der Waals surface area contributed by atoms with E-state index < -0.39 is 13.3 Å². The van der Waals surface area contributed by atoms with Crippen LogP contribution in [0.15, 0.2) is 24.5 Å². The minimum absolute atomic E-state index is 1.39. The Balaban J connectivity index is 3.01. The summed E-state index contributed by atoms with van der Waals surface area (Å²) in [4.78, 5) is 4.24. The van der Waals surface area contributed by atoms with Gasteiger partial charge in [-0.3, -0.25) is 0 Å². The minimum atomic E-state index is -1.68. The van der Waals surface area contributed by atoms with Crippen molar-refractivity contribution >= 4 is 17.7 Å². The molecule has 0 atom stereocenters. The summed E-state index contributed by atoms with van der Waals surface area (Å²) < 4.78 is 1.58. The maximum atomic E-state index is 4.24. The SMILES string of the molecule is C[CH2][Ge]([CH2]C)([CH2]C)[c]1cccnc1. The van der Waals surface area contributed by atoms with Crippen molar-refractivity contribution < 1.29 is 0 Å². The van der Waals surface area contributed by atoms with E-state index >= 15 is 0 Å². The van der Waals surface area contributed by atoms with Gasteiger partial charge >= 0.3 is 83.7 Å². The third-order valence-electron chi connectivity index (χ3n) is 3.30. The van der Waals surface area contributed by atoms with Crippen LogP contribution >= 0.6 is 0 Å². The van der Waals surface area contributed by atoms with Gasteiger partial charge in [0.25, 0.3) is 0 Å². The van der Waals surface area contributed by atoms with Gasteiger partial charge in [0.1, 0.15) is 0 Å². The van der Waals surface area contributed by atoms with E-state index in [1.54, 1.807) is 4.40 Å². The molecule has 1 aromatic rings. The average molecular weight is 238 g/mol. The molecule has 0 spiro atoms. The van der Waals surface area contributed by atoms with Crippen LogP contribution in [0.3, 0.4) is 0 Å². The molecule has 72 valence electrons. The molecule has 0 fully saturated rings. The van der Waals surface area contributed by atoms with E-state index in [-0.39, 0.29) is 0 Å². The number of hydrogen-bond acceptors (Lipinski definition) is 1. The Morgan fingerprint density at radius 1 is 1.15 bits per heavy atom. The van der Waals surface area contributed by atoms with Gasteiger partial charge in [0, 0.05) is 0 Å². The Labute approximate surface area is 83.9 Å². The molecule has 0 saturated heterocycles. The molecule has 1 rings (SSSR count). The van der Waals surface area contributed by atoms with Gasteiger partial charge < -0.3 is 0 Å². The van der Waals surface area contributed by atoms with Crippen molar-refractivity contribution in [2.45, 2.75) is 36.5 Å². The first kappa shape index (κ1) is 10.8. The zero-order valence-electron chi connectivity index (χ0n) is 8.88. The van der Waals surface area contributed by atoms with Gasteiger partial charge in [-0.05, 0) is 0 Å². The topological polar surface area (TPSA) is 12.9 Å². The molecule has 0 N–H and O–H groups in total. The normalized spacial score (nSPS) is 11.6. The second kappa shape index (κ2) is 4.80. The fraction of sp³-hybridized carbons (Fsp3) is 0.545. The quantitative estimate of drug-likeness (QED) is 0.734. The molecular weight excluding hydrogens is 219 g/mol. The molecule has 1 heterocycles. The Morgan fingerprint density at radius 2 is 1.77 bits per heavy atom. The van der Waals surface area contributed by atoms with E-state index in [0.29, 0.717) is 0 Å². The van der Waals surface area contributed by atoms with E-state index in [0.717, 1.165) is 0 Å². The predicted octanol–water partition coefficient (Wildman–Crippen LogP) is 2.80. The first-order valence-corrected chi connectivity index (χ1v) is 10.7. The van der Waals surface area contributed by atoms with Crippen molar-refractivity contribution in [2.24, 2.45) is 0 Å². The van der Waals surface area contributed by atoms with Crippen LogP contribution in [0.1, 0.15) is 20.8 Å². The fourth-order valence-corrected chi connectivity index (χ4v) is 9.43. The van der Waals surface area contributed by atoms with Crippen molar-refractivity contribution in [1.82, 2.24) is 4.98 Å². The van der Waals surface area contributed by atoms with Crippen LogP contribution in [0.25, 0.3) is 0 Å². The van der Waals surface area contributed by atoms with Crippen molar-refractivity contribution in [3.05, 3.63) is 24.5 Å². The van der Waals surface area contributed by atoms with Gasteiger partial charge in [-0.25, -0.2) is 0 Å². The Bertz CT molecular complexity index is 233. The van der Waals surface area contributed by atoms with Gasteiger partial charge in [0.2, 0.25) is 0 Å². The predicted molar refractivity (Wildman–Crippen MR) is 61.1 cm³/mol. The van der Waals surface area contributed by atoms with Crippen molar-refractivity contribution in [3.63, 3.8) is 0 Å². The summed E-state index contributed by atoms with van der Waals surface area (Å²) in [5.41, 5.74) is 0. The van der Waals surface area contributed by atoms with E-state index in [4.69, 9.17) is 0 Å². The van der Waals surface area contributed by atoms with Crippen molar-refractivity contribution in [2.75, 3.05) is 0 Å². The molecule has 13 heavy (non-hydrogen) atoms. The fourth-order valence-electron chi connectivity index (χ4n) is 2.04. The van der Waals surface area contributed by atoms with Gasteiger partial charge in [-0.1, -0.05) is 0 Å². The summed E-state index contributed by atoms with van der Waals surface area (Å²) in [7, 11) is 0. The van der Waals surface area contributed by atoms with E-state index in [1.807, 2.05) is 6.20 Å². The van der Waals surface area contributed by atoms with Crippen LogP contribution in [-0.2, 0) is 0 Å². The first-order valence-electron chi connectivity index (χ1n) is 5.19.